The first-order valence-corrected chi connectivity index (χ1v) is 8.38. The summed E-state index contributed by atoms with van der Waals surface area (Å²) >= 11 is 4.95. The van der Waals surface area contributed by atoms with Gasteiger partial charge in [0.25, 0.3) is 5.91 Å². The highest BCUT2D eigenvalue weighted by Crippen LogP contribution is 2.17. The number of amides is 2. The van der Waals surface area contributed by atoms with Gasteiger partial charge < -0.3 is 10.1 Å². The van der Waals surface area contributed by atoms with Gasteiger partial charge in [0, 0.05) is 6.42 Å². The SMILES string of the molecule is CCCCC(=O)NC(=S)NNC(=O)C(C)Oc1ccc(C)c(C)c1. The lowest BCUT2D eigenvalue weighted by atomic mass is 10.1. The monoisotopic (exact) mass is 351 g/mol. The van der Waals surface area contributed by atoms with E-state index in [0.717, 1.165) is 24.0 Å². The molecule has 0 aromatic heterocycles. The normalized spacial score (nSPS) is 11.3. The summed E-state index contributed by atoms with van der Waals surface area (Å²) in [5, 5.41) is 2.56. The van der Waals surface area contributed by atoms with Crippen molar-refractivity contribution in [3.63, 3.8) is 0 Å². The predicted molar refractivity (Wildman–Crippen MR) is 97.6 cm³/mol. The molecular formula is C17H25N3O3S. The van der Waals surface area contributed by atoms with E-state index in [1.165, 1.54) is 0 Å². The molecule has 0 fully saturated rings. The zero-order valence-electron chi connectivity index (χ0n) is 14.6. The Morgan fingerprint density at radius 1 is 1.21 bits per heavy atom. The molecule has 7 heteroatoms. The molecule has 1 unspecified atom stereocenters. The van der Waals surface area contributed by atoms with Crippen LogP contribution in [-0.4, -0.2) is 23.0 Å². The first-order chi connectivity index (χ1) is 11.3. The molecule has 0 aliphatic heterocycles. The molecule has 0 aliphatic carbocycles. The average Bonchev–Trinajstić information content (AvgIpc) is 2.54. The van der Waals surface area contributed by atoms with E-state index in [-0.39, 0.29) is 11.0 Å². The van der Waals surface area contributed by atoms with Crippen LogP contribution in [0.5, 0.6) is 5.75 Å². The lowest BCUT2D eigenvalue weighted by Crippen LogP contribution is -2.51. The third kappa shape index (κ3) is 6.95. The maximum atomic E-state index is 12.0. The van der Waals surface area contributed by atoms with E-state index in [2.05, 4.69) is 16.2 Å². The fourth-order valence-electron chi connectivity index (χ4n) is 1.82. The molecule has 1 rings (SSSR count). The van der Waals surface area contributed by atoms with Crippen molar-refractivity contribution in [1.29, 1.82) is 0 Å². The Bertz CT molecular complexity index is 605. The van der Waals surface area contributed by atoms with Gasteiger partial charge >= 0.3 is 0 Å². The molecule has 24 heavy (non-hydrogen) atoms. The number of benzene rings is 1. The number of hydrogen-bond donors (Lipinski definition) is 3. The number of carbonyl (C=O) groups is 2. The molecule has 1 aromatic rings. The first-order valence-electron chi connectivity index (χ1n) is 7.97. The zero-order chi connectivity index (χ0) is 18.1. The number of aryl methyl sites for hydroxylation is 2. The van der Waals surface area contributed by atoms with Gasteiger partial charge in [0.1, 0.15) is 5.75 Å². The summed E-state index contributed by atoms with van der Waals surface area (Å²) in [7, 11) is 0. The van der Waals surface area contributed by atoms with Crippen molar-refractivity contribution < 1.29 is 14.3 Å². The second-order valence-electron chi connectivity index (χ2n) is 5.60. The molecule has 0 spiro atoms. The van der Waals surface area contributed by atoms with Crippen molar-refractivity contribution in [1.82, 2.24) is 16.2 Å². The third-order valence-corrected chi connectivity index (χ3v) is 3.67. The number of ether oxygens (including phenoxy) is 1. The highest BCUT2D eigenvalue weighted by atomic mass is 32.1. The highest BCUT2D eigenvalue weighted by molar-refractivity contribution is 7.80. The van der Waals surface area contributed by atoms with Crippen molar-refractivity contribution in [2.45, 2.75) is 53.1 Å². The van der Waals surface area contributed by atoms with E-state index in [0.29, 0.717) is 12.2 Å². The van der Waals surface area contributed by atoms with Gasteiger partial charge in [-0.3, -0.25) is 20.4 Å². The molecule has 132 valence electrons. The molecule has 3 N–H and O–H groups in total. The van der Waals surface area contributed by atoms with E-state index in [4.69, 9.17) is 17.0 Å². The van der Waals surface area contributed by atoms with Gasteiger partial charge in [-0.1, -0.05) is 19.4 Å². The van der Waals surface area contributed by atoms with Crippen LogP contribution >= 0.6 is 12.2 Å². The van der Waals surface area contributed by atoms with Crippen molar-refractivity contribution in [2.24, 2.45) is 0 Å². The zero-order valence-corrected chi connectivity index (χ0v) is 15.4. The van der Waals surface area contributed by atoms with E-state index in [1.807, 2.05) is 39.0 Å². The molecule has 0 saturated carbocycles. The van der Waals surface area contributed by atoms with E-state index in [1.54, 1.807) is 6.92 Å². The van der Waals surface area contributed by atoms with E-state index >= 15 is 0 Å². The largest absolute Gasteiger partial charge is 0.481 e. The Labute approximate surface area is 148 Å². The van der Waals surface area contributed by atoms with Crippen LogP contribution in [0.15, 0.2) is 18.2 Å². The quantitative estimate of drug-likeness (QED) is 0.541. The standard InChI is InChI=1S/C17H25N3O3S/c1-5-6-7-15(21)18-17(24)20-19-16(22)13(4)23-14-9-8-11(2)12(3)10-14/h8-10,13H,5-7H2,1-4H3,(H,19,22)(H2,18,20,21,24). The lowest BCUT2D eigenvalue weighted by Gasteiger charge is -2.16. The third-order valence-electron chi connectivity index (χ3n) is 3.47. The minimum absolute atomic E-state index is 0.0582. The summed E-state index contributed by atoms with van der Waals surface area (Å²) in [6, 6.07) is 5.64. The molecule has 1 aromatic carbocycles. The molecule has 0 saturated heterocycles. The summed E-state index contributed by atoms with van der Waals surface area (Å²) in [6.07, 6.45) is 1.41. The molecule has 0 radical (unpaired) electrons. The van der Waals surface area contributed by atoms with Crippen LogP contribution in [0.1, 0.15) is 44.2 Å². The summed E-state index contributed by atoms with van der Waals surface area (Å²) in [5.41, 5.74) is 7.17. The van der Waals surface area contributed by atoms with Gasteiger partial charge in [0.2, 0.25) is 5.91 Å². The molecule has 1 atom stereocenters. The Hall–Kier alpha value is -2.15. The molecule has 0 bridgehead atoms. The molecule has 6 nitrogen and oxygen atoms in total. The number of nitrogens with one attached hydrogen (secondary N) is 3. The number of hydrogen-bond acceptors (Lipinski definition) is 4. The second kappa shape index (κ2) is 9.87. The van der Waals surface area contributed by atoms with Gasteiger partial charge in [-0.05, 0) is 62.7 Å². The van der Waals surface area contributed by atoms with Crippen LogP contribution in [0.2, 0.25) is 0 Å². The van der Waals surface area contributed by atoms with E-state index < -0.39 is 12.0 Å². The Morgan fingerprint density at radius 2 is 1.92 bits per heavy atom. The number of thiocarbonyl (C=S) groups is 1. The van der Waals surface area contributed by atoms with Gasteiger partial charge in [-0.15, -0.1) is 0 Å². The van der Waals surface area contributed by atoms with Crippen LogP contribution in [-0.2, 0) is 9.59 Å². The van der Waals surface area contributed by atoms with Gasteiger partial charge in [-0.25, -0.2) is 0 Å². The molecule has 0 heterocycles. The molecule has 0 aliphatic rings. The van der Waals surface area contributed by atoms with Crippen molar-refractivity contribution in [3.8, 4) is 5.75 Å². The molecular weight excluding hydrogens is 326 g/mol. The summed E-state index contributed by atoms with van der Waals surface area (Å²) in [6.45, 7) is 7.62. The van der Waals surface area contributed by atoms with E-state index in [9.17, 15) is 9.59 Å². The Balaban J connectivity index is 2.39. The lowest BCUT2D eigenvalue weighted by molar-refractivity contribution is -0.128. The fourth-order valence-corrected chi connectivity index (χ4v) is 1.99. The predicted octanol–water partition coefficient (Wildman–Crippen LogP) is 2.28. The van der Waals surface area contributed by atoms with Crippen LogP contribution in [0.25, 0.3) is 0 Å². The Morgan fingerprint density at radius 3 is 2.54 bits per heavy atom. The first kappa shape index (κ1) is 19.9. The molecule has 2 amide bonds. The minimum atomic E-state index is -0.710. The Kier molecular flexibility index (Phi) is 8.18. The van der Waals surface area contributed by atoms with Crippen LogP contribution in [0.3, 0.4) is 0 Å². The van der Waals surface area contributed by atoms with Gasteiger partial charge in [0.05, 0.1) is 0 Å². The van der Waals surface area contributed by atoms with Crippen LogP contribution in [0.4, 0.5) is 0 Å². The number of unbranched alkanes of at least 4 members (excludes halogenated alkanes) is 1. The van der Waals surface area contributed by atoms with Crippen LogP contribution in [0, 0.1) is 13.8 Å². The van der Waals surface area contributed by atoms with Gasteiger partial charge in [-0.2, -0.15) is 0 Å². The van der Waals surface area contributed by atoms with Crippen molar-refractivity contribution in [2.75, 3.05) is 0 Å². The van der Waals surface area contributed by atoms with Crippen LogP contribution < -0.4 is 20.9 Å². The number of hydrazine groups is 1. The maximum absolute atomic E-state index is 12.0. The highest BCUT2D eigenvalue weighted by Gasteiger charge is 2.15. The maximum Gasteiger partial charge on any atom is 0.279 e. The fraction of sp³-hybridized carbons (Fsp3) is 0.471. The van der Waals surface area contributed by atoms with Crippen molar-refractivity contribution >= 4 is 29.1 Å². The van der Waals surface area contributed by atoms with Gasteiger partial charge in [0.15, 0.2) is 11.2 Å². The number of carbonyl (C=O) groups excluding carboxylic acids is 2. The topological polar surface area (TPSA) is 79.5 Å². The number of rotatable bonds is 6. The summed E-state index contributed by atoms with van der Waals surface area (Å²) < 4.78 is 5.60. The summed E-state index contributed by atoms with van der Waals surface area (Å²) in [5.74, 6) is 0.0533. The average molecular weight is 351 g/mol. The smallest absolute Gasteiger partial charge is 0.279 e. The van der Waals surface area contributed by atoms with Crippen molar-refractivity contribution in [3.05, 3.63) is 29.3 Å². The minimum Gasteiger partial charge on any atom is -0.481 e. The summed E-state index contributed by atoms with van der Waals surface area (Å²) in [4.78, 5) is 23.5. The second-order valence-corrected chi connectivity index (χ2v) is 6.01.